The van der Waals surface area contributed by atoms with Crippen molar-refractivity contribution in [2.24, 2.45) is 10.9 Å². The van der Waals surface area contributed by atoms with Gasteiger partial charge in [-0.15, -0.1) is 6.58 Å². The third kappa shape index (κ3) is 3.48. The van der Waals surface area contributed by atoms with Crippen molar-refractivity contribution in [3.63, 3.8) is 0 Å². The smallest absolute Gasteiger partial charge is 0.131 e. The van der Waals surface area contributed by atoms with Crippen LogP contribution in [0.1, 0.15) is 31.6 Å². The molecule has 2 unspecified atom stereocenters. The van der Waals surface area contributed by atoms with Gasteiger partial charge in [0.2, 0.25) is 0 Å². The molecular weight excluding hydrogens is 250 g/mol. The van der Waals surface area contributed by atoms with Gasteiger partial charge >= 0.3 is 0 Å². The molecule has 2 atom stereocenters. The molecule has 0 aliphatic rings. The van der Waals surface area contributed by atoms with Crippen LogP contribution in [0, 0.1) is 19.8 Å². The van der Waals surface area contributed by atoms with Gasteiger partial charge in [-0.05, 0) is 39.2 Å². The third-order valence-electron chi connectivity index (χ3n) is 3.68. The summed E-state index contributed by atoms with van der Waals surface area (Å²) in [4.78, 5) is 4.79. The maximum atomic E-state index is 9.07. The Morgan fingerprint density at radius 3 is 2.55 bits per heavy atom. The average molecular weight is 275 g/mol. The fourth-order valence-corrected chi connectivity index (χ4v) is 2.16. The number of nitrogens with zero attached hydrogens (tertiary/aromatic N) is 1. The van der Waals surface area contributed by atoms with Gasteiger partial charge in [-0.3, -0.25) is 4.99 Å². The zero-order chi connectivity index (χ0) is 15.3. The fourth-order valence-electron chi connectivity index (χ4n) is 2.16. The number of aliphatic hydroxyl groups excluding tert-OH is 1. The Morgan fingerprint density at radius 2 is 2.05 bits per heavy atom. The van der Waals surface area contributed by atoms with Crippen molar-refractivity contribution in [1.82, 2.24) is 0 Å². The zero-order valence-electron chi connectivity index (χ0n) is 12.9. The first-order valence-corrected chi connectivity index (χ1v) is 6.99. The van der Waals surface area contributed by atoms with E-state index in [4.69, 9.17) is 14.5 Å². The summed E-state index contributed by atoms with van der Waals surface area (Å²) < 4.78 is 5.71. The Hall–Kier alpha value is -1.61. The van der Waals surface area contributed by atoms with E-state index in [-0.39, 0.29) is 18.6 Å². The molecule has 0 aliphatic heterocycles. The molecule has 0 aromatic carbocycles. The Balaban J connectivity index is 3.52. The second-order valence-electron chi connectivity index (χ2n) is 5.11. The molecule has 1 N–H and O–H groups in total. The molecule has 1 rings (SSSR count). The molecule has 0 saturated carbocycles. The highest BCUT2D eigenvalue weighted by molar-refractivity contribution is 5.23. The van der Waals surface area contributed by atoms with E-state index in [1.54, 1.807) is 0 Å². The van der Waals surface area contributed by atoms with Crippen molar-refractivity contribution in [2.75, 3.05) is 6.61 Å². The fraction of sp³-hybridized carbons (Fsp3) is 0.471. The lowest BCUT2D eigenvalue weighted by molar-refractivity contribution is 0.256. The summed E-state index contributed by atoms with van der Waals surface area (Å²) in [6.07, 6.45) is 4.43. The lowest BCUT2D eigenvalue weighted by Gasteiger charge is -2.16. The minimum atomic E-state index is -0.0344. The van der Waals surface area contributed by atoms with Crippen LogP contribution in [0.25, 0.3) is 12.7 Å². The molecule has 0 radical (unpaired) electrons. The van der Waals surface area contributed by atoms with Gasteiger partial charge in [0.05, 0.1) is 11.4 Å². The minimum absolute atomic E-state index is 0.0344. The van der Waals surface area contributed by atoms with Gasteiger partial charge in [0, 0.05) is 17.4 Å². The van der Waals surface area contributed by atoms with Gasteiger partial charge in [0.25, 0.3) is 0 Å². The molecule has 1 heterocycles. The summed E-state index contributed by atoms with van der Waals surface area (Å²) in [5.41, 5.74) is 1.76. The van der Waals surface area contributed by atoms with Gasteiger partial charge in [-0.25, -0.2) is 0 Å². The van der Waals surface area contributed by atoms with Crippen LogP contribution in [0.2, 0.25) is 0 Å². The first-order valence-electron chi connectivity index (χ1n) is 6.99. The molecule has 0 fully saturated rings. The lowest BCUT2D eigenvalue weighted by atomic mass is 9.99. The molecule has 0 aliphatic carbocycles. The van der Waals surface area contributed by atoms with E-state index in [2.05, 4.69) is 20.1 Å². The summed E-state index contributed by atoms with van der Waals surface area (Å²) >= 11 is 0. The molecule has 3 nitrogen and oxygen atoms in total. The van der Waals surface area contributed by atoms with Crippen LogP contribution in [0.3, 0.4) is 0 Å². The predicted octanol–water partition coefficient (Wildman–Crippen LogP) is 1.58. The van der Waals surface area contributed by atoms with Crippen LogP contribution in [-0.4, -0.2) is 17.8 Å². The van der Waals surface area contributed by atoms with Gasteiger partial charge in [0.15, 0.2) is 0 Å². The molecule has 0 amide bonds. The van der Waals surface area contributed by atoms with E-state index in [0.717, 1.165) is 27.3 Å². The third-order valence-corrected chi connectivity index (χ3v) is 3.68. The quantitative estimate of drug-likeness (QED) is 0.829. The van der Waals surface area contributed by atoms with E-state index < -0.39 is 0 Å². The lowest BCUT2D eigenvalue weighted by Crippen LogP contribution is -2.41. The summed E-state index contributed by atoms with van der Waals surface area (Å²) in [6.45, 7) is 16.0. The summed E-state index contributed by atoms with van der Waals surface area (Å²) in [6, 6.07) is -0.0344. The van der Waals surface area contributed by atoms with E-state index in [9.17, 15) is 0 Å². The van der Waals surface area contributed by atoms with Gasteiger partial charge in [-0.2, -0.15) is 0 Å². The van der Waals surface area contributed by atoms with Crippen molar-refractivity contribution < 1.29 is 9.52 Å². The van der Waals surface area contributed by atoms with Crippen molar-refractivity contribution in [3.05, 3.63) is 40.0 Å². The first-order chi connectivity index (χ1) is 9.46. The first kappa shape index (κ1) is 16.4. The number of hydrogen-bond acceptors (Lipinski definition) is 3. The normalized spacial score (nSPS) is 16.2. The minimum Gasteiger partial charge on any atom is -0.461 e. The largest absolute Gasteiger partial charge is 0.461 e. The summed E-state index contributed by atoms with van der Waals surface area (Å²) in [7, 11) is 0. The Kier molecular flexibility index (Phi) is 5.96. The highest BCUT2D eigenvalue weighted by atomic mass is 16.3. The van der Waals surface area contributed by atoms with E-state index in [1.807, 2.05) is 32.9 Å². The van der Waals surface area contributed by atoms with E-state index in [0.29, 0.717) is 6.42 Å². The number of hydrogen-bond donors (Lipinski definition) is 1. The van der Waals surface area contributed by atoms with Crippen molar-refractivity contribution >= 4 is 12.7 Å². The summed E-state index contributed by atoms with van der Waals surface area (Å²) in [5, 5.41) is 10.8. The number of rotatable bonds is 5. The monoisotopic (exact) mass is 275 g/mol. The van der Waals surface area contributed by atoms with E-state index >= 15 is 0 Å². The molecule has 1 aromatic heterocycles. The highest BCUT2D eigenvalue weighted by Gasteiger charge is 2.12. The SMILES string of the molecule is C=CC(/N=c1\c(C)c(C)o/c(=C/C)c1=C)C(C)CCO. The molecule has 3 heteroatoms. The topological polar surface area (TPSA) is 45.7 Å². The maximum Gasteiger partial charge on any atom is 0.131 e. The molecule has 0 spiro atoms. The van der Waals surface area contributed by atoms with Gasteiger partial charge in [-0.1, -0.05) is 19.6 Å². The molecule has 0 bridgehead atoms. The van der Waals surface area contributed by atoms with Crippen LogP contribution in [-0.2, 0) is 0 Å². The van der Waals surface area contributed by atoms with Crippen LogP contribution < -0.4 is 16.0 Å². The Morgan fingerprint density at radius 1 is 1.40 bits per heavy atom. The van der Waals surface area contributed by atoms with Crippen molar-refractivity contribution in [1.29, 1.82) is 0 Å². The van der Waals surface area contributed by atoms with Crippen LogP contribution in [0.4, 0.5) is 0 Å². The highest BCUT2D eigenvalue weighted by Crippen LogP contribution is 2.11. The van der Waals surface area contributed by atoms with Gasteiger partial charge < -0.3 is 9.52 Å². The molecule has 1 aromatic rings. The predicted molar refractivity (Wildman–Crippen MR) is 83.5 cm³/mol. The van der Waals surface area contributed by atoms with Crippen molar-refractivity contribution in [2.45, 2.75) is 40.2 Å². The van der Waals surface area contributed by atoms with Crippen molar-refractivity contribution in [3.8, 4) is 0 Å². The van der Waals surface area contributed by atoms with Gasteiger partial charge in [0.1, 0.15) is 11.2 Å². The standard InChI is InChI=1S/C17H25NO2/c1-7-15(11(3)9-10-19)18-17-12(4)14(6)20-16(8-2)13(17)5/h7-8,11,15,19H,1,5,9-10H2,2-4,6H3/b16-8+,18-17+. The number of aryl methyl sites for hydroxylation is 1. The zero-order valence-corrected chi connectivity index (χ0v) is 12.9. The summed E-state index contributed by atoms with van der Waals surface area (Å²) in [5.74, 6) is 1.09. The molecule has 110 valence electrons. The Bertz CT molecular complexity index is 640. The average Bonchev–Trinajstić information content (AvgIpc) is 2.43. The second-order valence-corrected chi connectivity index (χ2v) is 5.11. The second kappa shape index (κ2) is 7.25. The van der Waals surface area contributed by atoms with Crippen LogP contribution >= 0.6 is 0 Å². The molecule has 0 saturated heterocycles. The van der Waals surface area contributed by atoms with Crippen LogP contribution in [0.5, 0.6) is 0 Å². The molecule has 20 heavy (non-hydrogen) atoms. The maximum absolute atomic E-state index is 9.07. The van der Waals surface area contributed by atoms with E-state index in [1.165, 1.54) is 0 Å². The van der Waals surface area contributed by atoms with Crippen LogP contribution in [0.15, 0.2) is 22.1 Å². The molecular formula is C17H25NO2. The Labute approximate surface area is 120 Å². The number of aliphatic hydroxyl groups is 1.